The SMILES string of the molecule is Nc1c(C(=O)c2ccccc2)sc(Nc2cccc(Cl)c2)c1S(=O)(=O)c1ccccc1. The number of nitrogens with two attached hydrogens (primary N) is 1. The van der Waals surface area contributed by atoms with Crippen molar-refractivity contribution >= 4 is 54.9 Å². The second kappa shape index (κ2) is 8.55. The van der Waals surface area contributed by atoms with Crippen LogP contribution in [-0.2, 0) is 9.84 Å². The number of carbonyl (C=O) groups is 1. The van der Waals surface area contributed by atoms with Gasteiger partial charge in [0.1, 0.15) is 14.8 Å². The van der Waals surface area contributed by atoms with Crippen LogP contribution in [0.3, 0.4) is 0 Å². The van der Waals surface area contributed by atoms with Crippen molar-refractivity contribution in [3.8, 4) is 0 Å². The molecule has 0 aliphatic carbocycles. The fraction of sp³-hybridized carbons (Fsp3) is 0. The molecule has 0 saturated heterocycles. The highest BCUT2D eigenvalue weighted by Crippen LogP contribution is 2.44. The number of anilines is 3. The van der Waals surface area contributed by atoms with Crippen LogP contribution in [0.25, 0.3) is 0 Å². The Balaban J connectivity index is 1.89. The number of rotatable bonds is 6. The third-order valence-corrected chi connectivity index (χ3v) is 7.88. The molecule has 4 aromatic rings. The van der Waals surface area contributed by atoms with Crippen LogP contribution in [0.4, 0.5) is 16.4 Å². The van der Waals surface area contributed by atoms with E-state index in [1.807, 2.05) is 0 Å². The van der Waals surface area contributed by atoms with Crippen LogP contribution in [0.2, 0.25) is 5.02 Å². The van der Waals surface area contributed by atoms with Crippen LogP contribution in [0.1, 0.15) is 15.2 Å². The maximum atomic E-state index is 13.5. The zero-order valence-corrected chi connectivity index (χ0v) is 18.5. The summed E-state index contributed by atoms with van der Waals surface area (Å²) < 4.78 is 26.9. The molecule has 0 amide bonds. The molecule has 3 N–H and O–H groups in total. The highest BCUT2D eigenvalue weighted by Gasteiger charge is 2.31. The molecule has 5 nitrogen and oxygen atoms in total. The normalized spacial score (nSPS) is 11.3. The Morgan fingerprint density at radius 1 is 0.903 bits per heavy atom. The number of hydrogen-bond acceptors (Lipinski definition) is 6. The van der Waals surface area contributed by atoms with E-state index < -0.39 is 9.84 Å². The van der Waals surface area contributed by atoms with E-state index in [9.17, 15) is 13.2 Å². The molecule has 0 unspecified atom stereocenters. The highest BCUT2D eigenvalue weighted by molar-refractivity contribution is 7.92. The number of ketones is 1. The largest absolute Gasteiger partial charge is 0.396 e. The molecule has 0 atom stereocenters. The molecule has 0 radical (unpaired) electrons. The third kappa shape index (κ3) is 4.20. The van der Waals surface area contributed by atoms with E-state index in [-0.39, 0.29) is 31.1 Å². The predicted molar refractivity (Wildman–Crippen MR) is 125 cm³/mol. The lowest BCUT2D eigenvalue weighted by Crippen LogP contribution is -2.08. The van der Waals surface area contributed by atoms with Crippen molar-refractivity contribution in [1.82, 2.24) is 0 Å². The Labute approximate surface area is 189 Å². The first-order valence-corrected chi connectivity index (χ1v) is 11.9. The molecular formula is C23H17ClN2O3S2. The lowest BCUT2D eigenvalue weighted by Gasteiger charge is -2.10. The first-order chi connectivity index (χ1) is 14.9. The van der Waals surface area contributed by atoms with E-state index in [0.717, 1.165) is 11.3 Å². The number of carbonyl (C=O) groups excluding carboxylic acids is 1. The molecule has 0 saturated carbocycles. The molecule has 8 heteroatoms. The number of hydrogen-bond donors (Lipinski definition) is 2. The van der Waals surface area contributed by atoms with Crippen LogP contribution < -0.4 is 11.1 Å². The van der Waals surface area contributed by atoms with Gasteiger partial charge >= 0.3 is 0 Å². The van der Waals surface area contributed by atoms with Gasteiger partial charge in [0.25, 0.3) is 0 Å². The summed E-state index contributed by atoms with van der Waals surface area (Å²) in [6.07, 6.45) is 0. The van der Waals surface area contributed by atoms with Gasteiger partial charge in [0.05, 0.1) is 10.6 Å². The zero-order chi connectivity index (χ0) is 22.0. The number of benzene rings is 3. The topological polar surface area (TPSA) is 89.3 Å². The first kappa shape index (κ1) is 21.1. The molecule has 0 spiro atoms. The number of thiophene rings is 1. The van der Waals surface area contributed by atoms with Gasteiger partial charge in [-0.3, -0.25) is 4.79 Å². The van der Waals surface area contributed by atoms with Gasteiger partial charge in [-0.1, -0.05) is 66.2 Å². The lowest BCUT2D eigenvalue weighted by atomic mass is 10.1. The van der Waals surface area contributed by atoms with Gasteiger partial charge in [-0.15, -0.1) is 11.3 Å². The Bertz CT molecular complexity index is 1350. The van der Waals surface area contributed by atoms with E-state index in [0.29, 0.717) is 16.3 Å². The summed E-state index contributed by atoms with van der Waals surface area (Å²) in [5.74, 6) is -0.341. The monoisotopic (exact) mass is 468 g/mol. The number of sulfone groups is 1. The Morgan fingerprint density at radius 3 is 2.19 bits per heavy atom. The lowest BCUT2D eigenvalue weighted by molar-refractivity contribution is 0.104. The first-order valence-electron chi connectivity index (χ1n) is 9.22. The van der Waals surface area contributed by atoms with Gasteiger partial charge in [-0.25, -0.2) is 8.42 Å². The summed E-state index contributed by atoms with van der Waals surface area (Å²) in [4.78, 5) is 13.2. The average molecular weight is 469 g/mol. The highest BCUT2D eigenvalue weighted by atomic mass is 35.5. The van der Waals surface area contributed by atoms with Crippen molar-refractivity contribution in [3.05, 3.63) is 100 Å². The average Bonchev–Trinajstić information content (AvgIpc) is 3.10. The van der Waals surface area contributed by atoms with Crippen LogP contribution in [0, 0.1) is 0 Å². The van der Waals surface area contributed by atoms with E-state index >= 15 is 0 Å². The maximum Gasteiger partial charge on any atom is 0.211 e. The summed E-state index contributed by atoms with van der Waals surface area (Å²) in [5.41, 5.74) is 7.22. The van der Waals surface area contributed by atoms with Gasteiger partial charge in [0.15, 0.2) is 0 Å². The molecule has 0 fully saturated rings. The van der Waals surface area contributed by atoms with E-state index in [2.05, 4.69) is 5.32 Å². The summed E-state index contributed by atoms with van der Waals surface area (Å²) in [6.45, 7) is 0. The molecule has 0 aliphatic rings. The van der Waals surface area contributed by atoms with Crippen molar-refractivity contribution in [2.45, 2.75) is 9.79 Å². The minimum absolute atomic E-state index is 0.0766. The Morgan fingerprint density at radius 2 is 1.55 bits per heavy atom. The quantitative estimate of drug-likeness (QED) is 0.349. The maximum absolute atomic E-state index is 13.5. The van der Waals surface area contributed by atoms with Crippen molar-refractivity contribution < 1.29 is 13.2 Å². The molecule has 1 heterocycles. The summed E-state index contributed by atoms with van der Waals surface area (Å²) in [6, 6.07) is 23.4. The van der Waals surface area contributed by atoms with Gasteiger partial charge < -0.3 is 11.1 Å². The standard InChI is InChI=1S/C23H17ClN2O3S2/c24-16-10-7-11-17(14-16)26-23-22(31(28,29)18-12-5-2-6-13-18)19(25)21(30-23)20(27)15-8-3-1-4-9-15/h1-14,26H,25H2. The summed E-state index contributed by atoms with van der Waals surface area (Å²) >= 11 is 7.07. The van der Waals surface area contributed by atoms with E-state index in [1.165, 1.54) is 12.1 Å². The van der Waals surface area contributed by atoms with Gasteiger partial charge in [-0.2, -0.15) is 0 Å². The van der Waals surface area contributed by atoms with E-state index in [4.69, 9.17) is 17.3 Å². The predicted octanol–water partition coefficient (Wildman–Crippen LogP) is 5.79. The molecule has 1 aromatic heterocycles. The fourth-order valence-electron chi connectivity index (χ4n) is 3.08. The third-order valence-electron chi connectivity index (χ3n) is 4.55. The van der Waals surface area contributed by atoms with Crippen molar-refractivity contribution in [1.29, 1.82) is 0 Å². The number of nitrogens with one attached hydrogen (secondary N) is 1. The van der Waals surface area contributed by atoms with Crippen LogP contribution >= 0.6 is 22.9 Å². The Hall–Kier alpha value is -3.13. The molecule has 0 bridgehead atoms. The molecule has 4 rings (SSSR count). The van der Waals surface area contributed by atoms with Gasteiger partial charge in [0, 0.05) is 16.3 Å². The van der Waals surface area contributed by atoms with Crippen molar-refractivity contribution in [2.75, 3.05) is 11.1 Å². The summed E-state index contributed by atoms with van der Waals surface area (Å²) in [5, 5.41) is 3.82. The van der Waals surface area contributed by atoms with Crippen LogP contribution in [0.5, 0.6) is 0 Å². The second-order valence-electron chi connectivity index (χ2n) is 6.65. The molecular weight excluding hydrogens is 452 g/mol. The number of nitrogen functional groups attached to an aromatic ring is 1. The minimum Gasteiger partial charge on any atom is -0.396 e. The molecule has 3 aromatic carbocycles. The molecule has 0 aliphatic heterocycles. The smallest absolute Gasteiger partial charge is 0.211 e. The summed E-state index contributed by atoms with van der Waals surface area (Å²) in [7, 11) is -3.99. The second-order valence-corrected chi connectivity index (χ2v) is 9.99. The van der Waals surface area contributed by atoms with Gasteiger partial charge in [-0.05, 0) is 30.3 Å². The van der Waals surface area contributed by atoms with Crippen LogP contribution in [0.15, 0.2) is 94.7 Å². The minimum atomic E-state index is -3.99. The van der Waals surface area contributed by atoms with Crippen molar-refractivity contribution in [2.24, 2.45) is 0 Å². The molecule has 31 heavy (non-hydrogen) atoms. The van der Waals surface area contributed by atoms with Gasteiger partial charge in [0.2, 0.25) is 15.6 Å². The Kier molecular flexibility index (Phi) is 5.82. The fourth-order valence-corrected chi connectivity index (χ4v) is 6.23. The zero-order valence-electron chi connectivity index (χ0n) is 16.1. The molecule has 156 valence electrons. The van der Waals surface area contributed by atoms with Crippen molar-refractivity contribution in [3.63, 3.8) is 0 Å². The van der Waals surface area contributed by atoms with E-state index in [1.54, 1.807) is 72.8 Å². The number of halogens is 1. The van der Waals surface area contributed by atoms with Crippen LogP contribution in [-0.4, -0.2) is 14.2 Å².